The number of amides is 2. The summed E-state index contributed by atoms with van der Waals surface area (Å²) in [5.74, 6) is 0.741. The zero-order valence-electron chi connectivity index (χ0n) is 13.8. The fourth-order valence-corrected chi connectivity index (χ4v) is 3.57. The molecule has 1 aliphatic rings. The number of carbonyl (C=O) groups excluding carboxylic acids is 1. The van der Waals surface area contributed by atoms with E-state index in [2.05, 4.69) is 32.7 Å². The van der Waals surface area contributed by atoms with E-state index in [1.807, 2.05) is 0 Å². The number of aromatic nitrogens is 2. The molecule has 2 N–H and O–H groups in total. The van der Waals surface area contributed by atoms with Crippen LogP contribution in [-0.4, -0.2) is 35.9 Å². The second kappa shape index (κ2) is 7.48. The summed E-state index contributed by atoms with van der Waals surface area (Å²) in [5, 5.41) is 15.1. The Morgan fingerprint density at radius 2 is 2.04 bits per heavy atom. The molecule has 0 bridgehead atoms. The molecule has 1 saturated heterocycles. The van der Waals surface area contributed by atoms with Gasteiger partial charge in [0.15, 0.2) is 0 Å². The van der Waals surface area contributed by atoms with Crippen LogP contribution >= 0.6 is 11.3 Å². The number of piperidine rings is 1. The number of nitrogens with one attached hydrogen (secondary N) is 2. The van der Waals surface area contributed by atoms with Crippen LogP contribution in [0.4, 0.5) is 20.7 Å². The number of rotatable bonds is 4. The number of hydrogen-bond acceptors (Lipinski definition) is 6. The fraction of sp³-hybridized carbons (Fsp3) is 0.438. The summed E-state index contributed by atoms with van der Waals surface area (Å²) in [7, 11) is 1.60. The van der Waals surface area contributed by atoms with Gasteiger partial charge in [-0.25, -0.2) is 4.79 Å². The average Bonchev–Trinajstić information content (AvgIpc) is 3.04. The van der Waals surface area contributed by atoms with Crippen LogP contribution in [0.5, 0.6) is 5.75 Å². The van der Waals surface area contributed by atoms with Gasteiger partial charge in [0.05, 0.1) is 7.11 Å². The summed E-state index contributed by atoms with van der Waals surface area (Å²) in [6.45, 7) is 3.19. The molecule has 1 aromatic carbocycles. The summed E-state index contributed by atoms with van der Waals surface area (Å²) >= 11 is 1.40. The first-order valence-electron chi connectivity index (χ1n) is 7.98. The zero-order valence-corrected chi connectivity index (χ0v) is 14.6. The Balaban J connectivity index is 1.58. The van der Waals surface area contributed by atoms with Crippen LogP contribution in [0, 0.1) is 0 Å². The standard InChI is InChI=1S/C16H21N5O2S/c1-11-5-3-4-10-21(11)16-20-19-15(24-16)18-14(22)17-12-6-8-13(23-2)9-7-12/h6-9,11H,3-5,10H2,1-2H3,(H2,17,18,19,22)/t11-/m0/s1. The highest BCUT2D eigenvalue weighted by Gasteiger charge is 2.22. The van der Waals surface area contributed by atoms with Crippen molar-refractivity contribution in [3.05, 3.63) is 24.3 Å². The van der Waals surface area contributed by atoms with Gasteiger partial charge in [0.1, 0.15) is 5.75 Å². The number of anilines is 3. The maximum atomic E-state index is 12.1. The molecule has 128 valence electrons. The predicted molar refractivity (Wildman–Crippen MR) is 96.2 cm³/mol. The largest absolute Gasteiger partial charge is 0.497 e. The first-order chi connectivity index (χ1) is 11.7. The van der Waals surface area contributed by atoms with E-state index in [-0.39, 0.29) is 6.03 Å². The quantitative estimate of drug-likeness (QED) is 0.884. The van der Waals surface area contributed by atoms with E-state index in [9.17, 15) is 4.79 Å². The number of benzene rings is 1. The number of ether oxygens (including phenoxy) is 1. The van der Waals surface area contributed by atoms with E-state index in [1.54, 1.807) is 31.4 Å². The lowest BCUT2D eigenvalue weighted by Gasteiger charge is -2.32. The Morgan fingerprint density at radius 3 is 2.75 bits per heavy atom. The van der Waals surface area contributed by atoms with Gasteiger partial charge in [0.2, 0.25) is 10.3 Å². The topological polar surface area (TPSA) is 79.4 Å². The molecular formula is C16H21N5O2S. The van der Waals surface area contributed by atoms with Crippen LogP contribution in [0.15, 0.2) is 24.3 Å². The molecule has 24 heavy (non-hydrogen) atoms. The lowest BCUT2D eigenvalue weighted by Crippen LogP contribution is -2.37. The lowest BCUT2D eigenvalue weighted by molar-refractivity contribution is 0.262. The third-order valence-corrected chi connectivity index (χ3v) is 4.91. The number of hydrogen-bond donors (Lipinski definition) is 2. The van der Waals surface area contributed by atoms with Gasteiger partial charge >= 0.3 is 6.03 Å². The monoisotopic (exact) mass is 347 g/mol. The van der Waals surface area contributed by atoms with Crippen molar-refractivity contribution in [1.29, 1.82) is 0 Å². The molecule has 2 heterocycles. The van der Waals surface area contributed by atoms with E-state index in [0.29, 0.717) is 16.9 Å². The number of urea groups is 1. The maximum absolute atomic E-state index is 12.1. The number of methoxy groups -OCH3 is 1. The highest BCUT2D eigenvalue weighted by atomic mass is 32.1. The van der Waals surface area contributed by atoms with E-state index < -0.39 is 0 Å². The SMILES string of the molecule is COc1ccc(NC(=O)Nc2nnc(N3CCCC[C@@H]3C)s2)cc1. The van der Waals surface area contributed by atoms with Gasteiger partial charge in [0, 0.05) is 18.3 Å². The van der Waals surface area contributed by atoms with Crippen molar-refractivity contribution in [2.75, 3.05) is 29.2 Å². The summed E-state index contributed by atoms with van der Waals surface area (Å²) in [6, 6.07) is 7.26. The maximum Gasteiger partial charge on any atom is 0.325 e. The van der Waals surface area contributed by atoms with Crippen molar-refractivity contribution in [3.63, 3.8) is 0 Å². The van der Waals surface area contributed by atoms with Gasteiger partial charge in [-0.05, 0) is 50.5 Å². The Kier molecular flexibility index (Phi) is 5.14. The van der Waals surface area contributed by atoms with Gasteiger partial charge in [-0.15, -0.1) is 10.2 Å². The highest BCUT2D eigenvalue weighted by Crippen LogP contribution is 2.29. The van der Waals surface area contributed by atoms with Gasteiger partial charge in [-0.3, -0.25) is 5.32 Å². The van der Waals surface area contributed by atoms with Crippen molar-refractivity contribution >= 4 is 33.3 Å². The second-order valence-corrected chi connectivity index (χ2v) is 6.69. The number of carbonyl (C=O) groups is 1. The second-order valence-electron chi connectivity index (χ2n) is 5.74. The summed E-state index contributed by atoms with van der Waals surface area (Å²) in [6.07, 6.45) is 3.59. The Hall–Kier alpha value is -2.35. The first-order valence-corrected chi connectivity index (χ1v) is 8.79. The molecule has 0 aliphatic carbocycles. The predicted octanol–water partition coefficient (Wildman–Crippen LogP) is 3.57. The Morgan fingerprint density at radius 1 is 1.25 bits per heavy atom. The smallest absolute Gasteiger partial charge is 0.325 e. The molecule has 2 aromatic rings. The van der Waals surface area contributed by atoms with Crippen molar-refractivity contribution in [1.82, 2.24) is 10.2 Å². The minimum absolute atomic E-state index is 0.338. The Bertz CT molecular complexity index is 688. The molecule has 1 aliphatic heterocycles. The summed E-state index contributed by atoms with van der Waals surface area (Å²) in [5.41, 5.74) is 0.683. The molecule has 0 unspecified atom stereocenters. The molecule has 1 fully saturated rings. The molecule has 7 nitrogen and oxygen atoms in total. The van der Waals surface area contributed by atoms with Gasteiger partial charge in [0.25, 0.3) is 0 Å². The van der Waals surface area contributed by atoms with Crippen LogP contribution in [0.2, 0.25) is 0 Å². The molecule has 8 heteroatoms. The average molecular weight is 347 g/mol. The van der Waals surface area contributed by atoms with Gasteiger partial charge in [-0.1, -0.05) is 11.3 Å². The zero-order chi connectivity index (χ0) is 16.9. The third kappa shape index (κ3) is 3.94. The molecular weight excluding hydrogens is 326 g/mol. The fourth-order valence-electron chi connectivity index (χ4n) is 2.70. The molecule has 0 radical (unpaired) electrons. The molecule has 1 aromatic heterocycles. The van der Waals surface area contributed by atoms with Gasteiger partial charge < -0.3 is 15.0 Å². The van der Waals surface area contributed by atoms with Crippen molar-refractivity contribution in [2.45, 2.75) is 32.2 Å². The minimum atomic E-state index is -0.338. The van der Waals surface area contributed by atoms with Crippen molar-refractivity contribution in [3.8, 4) is 5.75 Å². The van der Waals surface area contributed by atoms with Crippen LogP contribution < -0.4 is 20.3 Å². The lowest BCUT2D eigenvalue weighted by atomic mass is 10.1. The Labute approximate surface area is 145 Å². The number of nitrogens with zero attached hydrogens (tertiary/aromatic N) is 3. The van der Waals surface area contributed by atoms with E-state index in [0.717, 1.165) is 17.4 Å². The molecule has 1 atom stereocenters. The molecule has 3 rings (SSSR count). The molecule has 0 spiro atoms. The molecule has 0 saturated carbocycles. The van der Waals surface area contributed by atoms with E-state index >= 15 is 0 Å². The normalized spacial score (nSPS) is 17.4. The van der Waals surface area contributed by atoms with Crippen molar-refractivity contribution < 1.29 is 9.53 Å². The third-order valence-electron chi connectivity index (χ3n) is 4.03. The van der Waals surface area contributed by atoms with E-state index in [4.69, 9.17) is 4.74 Å². The minimum Gasteiger partial charge on any atom is -0.497 e. The first kappa shape index (κ1) is 16.5. The summed E-state index contributed by atoms with van der Waals surface area (Å²) < 4.78 is 5.09. The summed E-state index contributed by atoms with van der Waals surface area (Å²) in [4.78, 5) is 14.3. The van der Waals surface area contributed by atoms with E-state index in [1.165, 1.54) is 30.6 Å². The highest BCUT2D eigenvalue weighted by molar-refractivity contribution is 7.19. The van der Waals surface area contributed by atoms with Crippen LogP contribution in [0.1, 0.15) is 26.2 Å². The van der Waals surface area contributed by atoms with Crippen LogP contribution in [-0.2, 0) is 0 Å². The molecule has 2 amide bonds. The van der Waals surface area contributed by atoms with Crippen LogP contribution in [0.3, 0.4) is 0 Å². The van der Waals surface area contributed by atoms with Crippen LogP contribution in [0.25, 0.3) is 0 Å². The van der Waals surface area contributed by atoms with Crippen molar-refractivity contribution in [2.24, 2.45) is 0 Å². The van der Waals surface area contributed by atoms with Gasteiger partial charge in [-0.2, -0.15) is 0 Å².